The van der Waals surface area contributed by atoms with E-state index in [0.29, 0.717) is 11.5 Å². The van der Waals surface area contributed by atoms with Crippen molar-refractivity contribution in [2.24, 2.45) is 23.7 Å². The fourth-order valence-electron chi connectivity index (χ4n) is 5.08. The number of methoxy groups -OCH3 is 1. The van der Waals surface area contributed by atoms with E-state index in [-0.39, 0.29) is 42.1 Å². The molecule has 1 aliphatic heterocycles. The number of carbonyl (C=O) groups excluding carboxylic acids is 3. The van der Waals surface area contributed by atoms with E-state index in [9.17, 15) is 14.4 Å². The van der Waals surface area contributed by atoms with Crippen LogP contribution < -0.4 is 14.9 Å². The van der Waals surface area contributed by atoms with Gasteiger partial charge in [0.1, 0.15) is 11.5 Å². The van der Waals surface area contributed by atoms with E-state index >= 15 is 0 Å². The highest BCUT2D eigenvalue weighted by molar-refractivity contribution is 6.07. The molecule has 0 unspecified atom stereocenters. The zero-order valence-electron chi connectivity index (χ0n) is 16.2. The molecule has 3 fully saturated rings. The van der Waals surface area contributed by atoms with Gasteiger partial charge in [0.15, 0.2) is 6.61 Å². The Morgan fingerprint density at radius 3 is 2.07 bits per heavy atom. The third-order valence-corrected chi connectivity index (χ3v) is 6.10. The topological polar surface area (TPSA) is 84.9 Å². The van der Waals surface area contributed by atoms with Crippen LogP contribution in [0.2, 0.25) is 0 Å². The predicted octanol–water partition coefficient (Wildman–Crippen LogP) is 2.08. The molecule has 4 rings (SSSR count). The maximum absolute atomic E-state index is 12.8. The Morgan fingerprint density at radius 1 is 1.04 bits per heavy atom. The number of hydrogen-bond acceptors (Lipinski definition) is 5. The quantitative estimate of drug-likeness (QED) is 0.621. The Morgan fingerprint density at radius 2 is 1.57 bits per heavy atom. The van der Waals surface area contributed by atoms with Gasteiger partial charge in [0.2, 0.25) is 0 Å². The number of ether oxygens (including phenoxy) is 2. The number of carbonyl (C=O) groups is 3. The summed E-state index contributed by atoms with van der Waals surface area (Å²) in [7, 11) is 1.56. The lowest BCUT2D eigenvalue weighted by atomic mass is 9.81. The molecule has 28 heavy (non-hydrogen) atoms. The Balaban J connectivity index is 1.39. The summed E-state index contributed by atoms with van der Waals surface area (Å²) in [6, 6.07) is 6.81. The van der Waals surface area contributed by atoms with Crippen LogP contribution in [0.4, 0.5) is 0 Å². The Kier molecular flexibility index (Phi) is 4.61. The molecule has 3 aliphatic rings. The summed E-state index contributed by atoms with van der Waals surface area (Å²) in [6.07, 6.45) is 1.88. The number of benzene rings is 1. The minimum atomic E-state index is -0.535. The van der Waals surface area contributed by atoms with Gasteiger partial charge in [-0.3, -0.25) is 19.8 Å². The van der Waals surface area contributed by atoms with E-state index in [0.717, 1.165) is 17.9 Å². The first-order valence-corrected chi connectivity index (χ1v) is 9.53. The molecule has 0 spiro atoms. The fraction of sp³-hybridized carbons (Fsp3) is 0.476. The van der Waals surface area contributed by atoms with Gasteiger partial charge in [0.25, 0.3) is 17.7 Å². The second-order valence-corrected chi connectivity index (χ2v) is 7.81. The molecule has 7 heteroatoms. The van der Waals surface area contributed by atoms with Crippen LogP contribution in [0.25, 0.3) is 0 Å². The molecule has 7 nitrogen and oxygen atoms in total. The Hall–Kier alpha value is -2.83. The fourth-order valence-corrected chi connectivity index (χ4v) is 5.08. The molecule has 2 aliphatic carbocycles. The lowest BCUT2D eigenvalue weighted by Crippen LogP contribution is -2.49. The molecule has 4 atom stereocenters. The van der Waals surface area contributed by atoms with E-state index in [1.165, 1.54) is 11.1 Å². The van der Waals surface area contributed by atoms with Crippen molar-refractivity contribution in [3.05, 3.63) is 35.4 Å². The Bertz CT molecular complexity index is 824. The van der Waals surface area contributed by atoms with Gasteiger partial charge in [0.05, 0.1) is 18.9 Å². The standard InChI is InChI=1S/C21H24N2O5/c1-11(2)17-14-8-9-15(17)19-18(14)20(25)23(21(19)26)22-16(24)10-28-13-6-4-12(27-3)5-7-13/h4-7,14-15,18-19H,8-10H2,1-3H3,(H,22,24)/t14-,15+,18-,19-/m0/s1. The molecular weight excluding hydrogens is 360 g/mol. The number of imide groups is 1. The summed E-state index contributed by atoms with van der Waals surface area (Å²) in [6.45, 7) is 3.81. The lowest BCUT2D eigenvalue weighted by Gasteiger charge is -2.19. The predicted molar refractivity (Wildman–Crippen MR) is 100 cm³/mol. The molecule has 2 bridgehead atoms. The molecule has 148 valence electrons. The maximum Gasteiger partial charge on any atom is 0.276 e. The summed E-state index contributed by atoms with van der Waals surface area (Å²) < 4.78 is 10.5. The van der Waals surface area contributed by atoms with Crippen LogP contribution >= 0.6 is 0 Å². The van der Waals surface area contributed by atoms with Crippen LogP contribution in [0, 0.1) is 23.7 Å². The van der Waals surface area contributed by atoms with Gasteiger partial charge in [-0.25, -0.2) is 0 Å². The molecule has 1 aromatic rings. The number of fused-ring (bicyclic) bond motifs is 5. The van der Waals surface area contributed by atoms with Gasteiger partial charge in [-0.05, 0) is 62.8 Å². The van der Waals surface area contributed by atoms with Crippen LogP contribution in [0.15, 0.2) is 35.4 Å². The van der Waals surface area contributed by atoms with Gasteiger partial charge in [-0.1, -0.05) is 11.1 Å². The van der Waals surface area contributed by atoms with Crippen molar-refractivity contribution in [3.63, 3.8) is 0 Å². The molecule has 0 aromatic heterocycles. The number of allylic oxidation sites excluding steroid dienone is 2. The van der Waals surface area contributed by atoms with Gasteiger partial charge in [-0.2, -0.15) is 5.01 Å². The van der Waals surface area contributed by atoms with E-state index < -0.39 is 5.91 Å². The summed E-state index contributed by atoms with van der Waals surface area (Å²) in [4.78, 5) is 37.9. The van der Waals surface area contributed by atoms with Gasteiger partial charge in [-0.15, -0.1) is 0 Å². The summed E-state index contributed by atoms with van der Waals surface area (Å²) in [5.41, 5.74) is 4.94. The normalized spacial score (nSPS) is 27.8. The number of nitrogens with zero attached hydrogens (tertiary/aromatic N) is 1. The number of hydrazine groups is 1. The monoisotopic (exact) mass is 384 g/mol. The number of nitrogens with one attached hydrogen (secondary N) is 1. The van der Waals surface area contributed by atoms with Crippen molar-refractivity contribution in [1.82, 2.24) is 10.4 Å². The van der Waals surface area contributed by atoms with Crippen LogP contribution in [0.1, 0.15) is 26.7 Å². The highest BCUT2D eigenvalue weighted by Crippen LogP contribution is 2.59. The first-order valence-electron chi connectivity index (χ1n) is 9.53. The first-order chi connectivity index (χ1) is 13.4. The number of hydrogen-bond donors (Lipinski definition) is 1. The molecule has 1 heterocycles. The summed E-state index contributed by atoms with van der Waals surface area (Å²) in [5, 5.41) is 0.919. The average molecular weight is 384 g/mol. The summed E-state index contributed by atoms with van der Waals surface area (Å²) >= 11 is 0. The van der Waals surface area contributed by atoms with E-state index in [1.54, 1.807) is 31.4 Å². The molecule has 0 radical (unpaired) electrons. The van der Waals surface area contributed by atoms with Crippen molar-refractivity contribution >= 4 is 17.7 Å². The van der Waals surface area contributed by atoms with Crippen molar-refractivity contribution in [3.8, 4) is 11.5 Å². The van der Waals surface area contributed by atoms with Crippen molar-refractivity contribution in [2.45, 2.75) is 26.7 Å². The van der Waals surface area contributed by atoms with E-state index in [4.69, 9.17) is 9.47 Å². The smallest absolute Gasteiger partial charge is 0.276 e. The third kappa shape index (κ3) is 2.85. The van der Waals surface area contributed by atoms with Crippen molar-refractivity contribution < 1.29 is 23.9 Å². The van der Waals surface area contributed by atoms with Crippen molar-refractivity contribution in [1.29, 1.82) is 0 Å². The minimum Gasteiger partial charge on any atom is -0.497 e. The van der Waals surface area contributed by atoms with Crippen molar-refractivity contribution in [2.75, 3.05) is 13.7 Å². The molecule has 1 saturated heterocycles. The van der Waals surface area contributed by atoms with Gasteiger partial charge >= 0.3 is 0 Å². The maximum atomic E-state index is 12.8. The number of rotatable bonds is 5. The van der Waals surface area contributed by atoms with Crippen LogP contribution in [0.3, 0.4) is 0 Å². The Labute approximate surface area is 163 Å². The average Bonchev–Trinajstić information content (AvgIpc) is 3.33. The molecule has 1 N–H and O–H groups in total. The second kappa shape index (κ2) is 6.96. The van der Waals surface area contributed by atoms with Crippen LogP contribution in [0.5, 0.6) is 11.5 Å². The highest BCUT2D eigenvalue weighted by atomic mass is 16.5. The zero-order valence-corrected chi connectivity index (χ0v) is 16.2. The minimum absolute atomic E-state index is 0.133. The largest absolute Gasteiger partial charge is 0.497 e. The van der Waals surface area contributed by atoms with Crippen LogP contribution in [-0.4, -0.2) is 36.4 Å². The molecule has 3 amide bonds. The van der Waals surface area contributed by atoms with E-state index in [1.807, 2.05) is 13.8 Å². The number of amides is 3. The molecular formula is C21H24N2O5. The van der Waals surface area contributed by atoms with E-state index in [2.05, 4.69) is 5.43 Å². The third-order valence-electron chi connectivity index (χ3n) is 6.10. The van der Waals surface area contributed by atoms with Crippen LogP contribution in [-0.2, 0) is 14.4 Å². The SMILES string of the molecule is COc1ccc(OCC(=O)NN2C(=O)[C@@H]3[C@@H](C2=O)[C@H]2CC[C@@H]3C2=C(C)C)cc1. The summed E-state index contributed by atoms with van der Waals surface area (Å²) in [5.74, 6) is -0.342. The molecule has 1 aromatic carbocycles. The van der Waals surface area contributed by atoms with Gasteiger partial charge < -0.3 is 9.47 Å². The van der Waals surface area contributed by atoms with Gasteiger partial charge in [0, 0.05) is 0 Å². The zero-order chi connectivity index (χ0) is 20.0. The second-order valence-electron chi connectivity index (χ2n) is 7.81. The lowest BCUT2D eigenvalue weighted by molar-refractivity contribution is -0.150. The molecule has 2 saturated carbocycles. The first kappa shape index (κ1) is 18.5. The highest BCUT2D eigenvalue weighted by Gasteiger charge is 2.63.